The Labute approximate surface area is 188 Å². The van der Waals surface area contributed by atoms with Crippen LogP contribution in [0.25, 0.3) is 11.3 Å². The minimum absolute atomic E-state index is 0.0312. The molecule has 4 rings (SSSR count). The molecule has 0 saturated carbocycles. The molecule has 2 N–H and O–H groups in total. The van der Waals surface area contributed by atoms with E-state index in [0.717, 1.165) is 48.3 Å². The van der Waals surface area contributed by atoms with Gasteiger partial charge in [-0.15, -0.1) is 0 Å². The number of anilines is 2. The molecule has 0 spiro atoms. The van der Waals surface area contributed by atoms with Crippen LogP contribution in [0.5, 0.6) is 0 Å². The maximum atomic E-state index is 12.8. The molecule has 2 heterocycles. The maximum Gasteiger partial charge on any atom is 0.253 e. The van der Waals surface area contributed by atoms with E-state index in [9.17, 15) is 9.59 Å². The first-order valence-electron chi connectivity index (χ1n) is 11.0. The van der Waals surface area contributed by atoms with Gasteiger partial charge >= 0.3 is 0 Å². The van der Waals surface area contributed by atoms with Crippen molar-refractivity contribution in [2.45, 2.75) is 25.7 Å². The molecule has 0 atom stereocenters. The highest BCUT2D eigenvalue weighted by Crippen LogP contribution is 2.29. The summed E-state index contributed by atoms with van der Waals surface area (Å²) in [6.07, 6.45) is 3.94. The van der Waals surface area contributed by atoms with Crippen LogP contribution in [0.3, 0.4) is 0 Å². The lowest BCUT2D eigenvalue weighted by molar-refractivity contribution is -0.115. The van der Waals surface area contributed by atoms with Crippen LogP contribution in [0, 0.1) is 0 Å². The van der Waals surface area contributed by atoms with Gasteiger partial charge in [-0.25, -0.2) is 0 Å². The minimum Gasteiger partial charge on any atom is -0.364 e. The highest BCUT2D eigenvalue weighted by Gasteiger charge is 2.21. The first kappa shape index (κ1) is 21.6. The molecule has 1 aliphatic heterocycles. The number of H-pyrrole nitrogens is 1. The third-order valence-electron chi connectivity index (χ3n) is 5.80. The summed E-state index contributed by atoms with van der Waals surface area (Å²) >= 11 is 0. The highest BCUT2D eigenvalue weighted by atomic mass is 16.2. The average molecular weight is 432 g/mol. The summed E-state index contributed by atoms with van der Waals surface area (Å²) in [6.45, 7) is 1.02. The Balaban J connectivity index is 1.23. The number of hydrogen-bond donors (Lipinski definition) is 2. The van der Waals surface area contributed by atoms with Crippen molar-refractivity contribution < 1.29 is 9.59 Å². The van der Waals surface area contributed by atoms with Gasteiger partial charge in [0.25, 0.3) is 5.91 Å². The average Bonchev–Trinajstić information content (AvgIpc) is 3.27. The molecule has 32 heavy (non-hydrogen) atoms. The molecule has 0 saturated heterocycles. The van der Waals surface area contributed by atoms with Gasteiger partial charge < -0.3 is 15.1 Å². The Morgan fingerprint density at radius 3 is 2.72 bits per heavy atom. The molecule has 0 unspecified atom stereocenters. The number of amides is 2. The van der Waals surface area contributed by atoms with Gasteiger partial charge in [0.05, 0.1) is 23.6 Å². The number of nitrogens with one attached hydrogen (secondary N) is 2. The number of hydrogen-bond acceptors (Lipinski definition) is 4. The van der Waals surface area contributed by atoms with E-state index < -0.39 is 0 Å². The number of unbranched alkanes of at least 4 members (excludes halogenated alkanes) is 2. The quantitative estimate of drug-likeness (QED) is 0.529. The van der Waals surface area contributed by atoms with E-state index >= 15 is 0 Å². The van der Waals surface area contributed by atoms with E-state index in [1.807, 2.05) is 49.3 Å². The van der Waals surface area contributed by atoms with Crippen molar-refractivity contribution in [2.24, 2.45) is 0 Å². The molecule has 2 amide bonds. The van der Waals surface area contributed by atoms with Crippen molar-refractivity contribution in [3.05, 3.63) is 65.9 Å². The first-order chi connectivity index (χ1) is 15.5. The summed E-state index contributed by atoms with van der Waals surface area (Å²) in [5, 5.41) is 10.4. The Bertz CT molecular complexity index is 1090. The topological polar surface area (TPSA) is 81.3 Å². The van der Waals surface area contributed by atoms with Crippen molar-refractivity contribution in [3.8, 4) is 11.3 Å². The van der Waals surface area contributed by atoms with E-state index in [0.29, 0.717) is 24.3 Å². The van der Waals surface area contributed by atoms with Crippen molar-refractivity contribution in [1.82, 2.24) is 15.1 Å². The van der Waals surface area contributed by atoms with E-state index in [2.05, 4.69) is 33.7 Å². The minimum atomic E-state index is -0.0638. The lowest BCUT2D eigenvalue weighted by Crippen LogP contribution is -2.35. The molecule has 0 fully saturated rings. The predicted octanol–water partition coefficient (Wildman–Crippen LogP) is 3.95. The molecule has 7 nitrogen and oxygen atoms in total. The Kier molecular flexibility index (Phi) is 6.54. The van der Waals surface area contributed by atoms with Gasteiger partial charge in [0.2, 0.25) is 5.91 Å². The van der Waals surface area contributed by atoms with Crippen molar-refractivity contribution in [2.75, 3.05) is 37.4 Å². The van der Waals surface area contributed by atoms with Gasteiger partial charge in [-0.2, -0.15) is 5.10 Å². The molecule has 0 aliphatic carbocycles. The highest BCUT2D eigenvalue weighted by molar-refractivity contribution is 6.03. The van der Waals surface area contributed by atoms with Gasteiger partial charge in [-0.1, -0.05) is 36.8 Å². The Hall–Kier alpha value is -3.61. The summed E-state index contributed by atoms with van der Waals surface area (Å²) in [4.78, 5) is 28.2. The van der Waals surface area contributed by atoms with E-state index in [1.165, 1.54) is 0 Å². The van der Waals surface area contributed by atoms with Crippen LogP contribution in [-0.2, 0) is 11.2 Å². The molecule has 7 heteroatoms. The zero-order valence-corrected chi connectivity index (χ0v) is 18.6. The summed E-state index contributed by atoms with van der Waals surface area (Å²) in [6, 6.07) is 17.7. The second kappa shape index (κ2) is 9.68. The number of aromatic nitrogens is 2. The number of carbonyl (C=O) groups excluding carboxylic acids is 2. The Morgan fingerprint density at radius 1 is 1.09 bits per heavy atom. The van der Waals surface area contributed by atoms with Gasteiger partial charge in [0.15, 0.2) is 0 Å². The van der Waals surface area contributed by atoms with Crippen LogP contribution in [0.4, 0.5) is 11.4 Å². The SMILES string of the molecule is CN(CCCCCc1cc(-c2ccccc2)n[nH]1)C(=O)c1ccc2c(c1)NC(=O)CN2C. The molecular formula is C25H29N5O2. The lowest BCUT2D eigenvalue weighted by atomic mass is 10.1. The first-order valence-corrected chi connectivity index (χ1v) is 11.0. The van der Waals surface area contributed by atoms with Crippen LogP contribution in [0.1, 0.15) is 35.3 Å². The van der Waals surface area contributed by atoms with Crippen molar-refractivity contribution in [1.29, 1.82) is 0 Å². The largest absolute Gasteiger partial charge is 0.364 e. The van der Waals surface area contributed by atoms with E-state index in [4.69, 9.17) is 0 Å². The van der Waals surface area contributed by atoms with Crippen LogP contribution in [-0.4, -0.2) is 54.1 Å². The van der Waals surface area contributed by atoms with Crippen LogP contribution >= 0.6 is 0 Å². The lowest BCUT2D eigenvalue weighted by Gasteiger charge is -2.28. The molecule has 0 radical (unpaired) electrons. The zero-order valence-electron chi connectivity index (χ0n) is 18.6. The van der Waals surface area contributed by atoms with Crippen molar-refractivity contribution in [3.63, 3.8) is 0 Å². The third-order valence-corrected chi connectivity index (χ3v) is 5.80. The molecule has 166 valence electrons. The van der Waals surface area contributed by atoms with Gasteiger partial charge in [-0.3, -0.25) is 14.7 Å². The predicted molar refractivity (Wildman–Crippen MR) is 127 cm³/mol. The zero-order chi connectivity index (χ0) is 22.5. The van der Waals surface area contributed by atoms with Gasteiger partial charge in [-0.05, 0) is 43.5 Å². The van der Waals surface area contributed by atoms with E-state index in [-0.39, 0.29) is 11.8 Å². The summed E-state index contributed by atoms with van der Waals surface area (Å²) in [5.41, 5.74) is 5.43. The number of benzene rings is 2. The molecule has 2 aromatic carbocycles. The van der Waals surface area contributed by atoms with Crippen LogP contribution in [0.2, 0.25) is 0 Å². The number of aryl methyl sites for hydroxylation is 1. The molecular weight excluding hydrogens is 402 g/mol. The number of likely N-dealkylation sites (N-methyl/N-ethyl adjacent to an activating group) is 1. The number of nitrogens with zero attached hydrogens (tertiary/aromatic N) is 3. The summed E-state index contributed by atoms with van der Waals surface area (Å²) < 4.78 is 0. The molecule has 1 aliphatic rings. The summed E-state index contributed by atoms with van der Waals surface area (Å²) in [7, 11) is 3.70. The van der Waals surface area contributed by atoms with Crippen LogP contribution < -0.4 is 10.2 Å². The fraction of sp³-hybridized carbons (Fsp3) is 0.320. The monoisotopic (exact) mass is 431 g/mol. The number of aromatic amines is 1. The smallest absolute Gasteiger partial charge is 0.253 e. The maximum absolute atomic E-state index is 12.8. The van der Waals surface area contributed by atoms with Gasteiger partial charge in [0, 0.05) is 37.5 Å². The van der Waals surface area contributed by atoms with Crippen LogP contribution in [0.15, 0.2) is 54.6 Å². The van der Waals surface area contributed by atoms with E-state index in [1.54, 1.807) is 11.0 Å². The standard InChI is InChI=1S/C25H29N5O2/c1-29(25(32)19-12-13-23-22(15-19)26-24(31)17-30(23)2)14-8-4-7-11-20-16-21(28-27-20)18-9-5-3-6-10-18/h3,5-6,9-10,12-13,15-16H,4,7-8,11,14,17H2,1-2H3,(H,26,31)(H,27,28). The second-order valence-corrected chi connectivity index (χ2v) is 8.32. The normalized spacial score (nSPS) is 12.9. The molecule has 3 aromatic rings. The number of carbonyl (C=O) groups is 2. The van der Waals surface area contributed by atoms with Gasteiger partial charge in [0.1, 0.15) is 0 Å². The Morgan fingerprint density at radius 2 is 1.91 bits per heavy atom. The molecule has 0 bridgehead atoms. The summed E-state index contributed by atoms with van der Waals surface area (Å²) in [5.74, 6) is -0.0949. The van der Waals surface area contributed by atoms with Crippen molar-refractivity contribution >= 4 is 23.2 Å². The third kappa shape index (κ3) is 4.99. The molecule has 1 aromatic heterocycles. The second-order valence-electron chi connectivity index (χ2n) is 8.32. The fourth-order valence-corrected chi connectivity index (χ4v) is 4.00. The number of rotatable bonds is 8. The fourth-order valence-electron chi connectivity index (χ4n) is 4.00. The number of fused-ring (bicyclic) bond motifs is 1.